The van der Waals surface area contributed by atoms with Crippen LogP contribution in [0.2, 0.25) is 0 Å². The van der Waals surface area contributed by atoms with Crippen molar-refractivity contribution < 1.29 is 9.21 Å². The molecule has 0 saturated carbocycles. The minimum atomic E-state index is -0.602. The van der Waals surface area contributed by atoms with Gasteiger partial charge in [-0.2, -0.15) is 0 Å². The second kappa shape index (κ2) is 5.60. The lowest BCUT2D eigenvalue weighted by molar-refractivity contribution is 0.0888. The number of amides is 1. The minimum Gasteiger partial charge on any atom is -0.457 e. The highest BCUT2D eigenvalue weighted by Crippen LogP contribution is 2.24. The smallest absolute Gasteiger partial charge is 0.256 e. The van der Waals surface area contributed by atoms with Gasteiger partial charge in [0.05, 0.1) is 22.4 Å². The van der Waals surface area contributed by atoms with Crippen LogP contribution in [0.4, 0.5) is 0 Å². The number of thiocarbonyl (C=S) groups is 1. The molecule has 3 N–H and O–H groups in total. The van der Waals surface area contributed by atoms with Gasteiger partial charge in [-0.05, 0) is 41.9 Å². The summed E-state index contributed by atoms with van der Waals surface area (Å²) in [6, 6.07) is 1.61. The molecule has 1 fully saturated rings. The topological polar surface area (TPSA) is 71.5 Å². The number of nitrogens with two attached hydrogens (primary N) is 1. The van der Waals surface area contributed by atoms with E-state index in [1.165, 1.54) is 6.26 Å². The summed E-state index contributed by atoms with van der Waals surface area (Å²) in [5, 5.41) is 2.97. The summed E-state index contributed by atoms with van der Waals surface area (Å²) in [6.45, 7) is 1.70. The number of carbonyl (C=O) groups is 1. The number of likely N-dealkylation sites (tertiary alicyclic amines) is 1. The van der Waals surface area contributed by atoms with Gasteiger partial charge in [0.25, 0.3) is 5.91 Å². The van der Waals surface area contributed by atoms with Crippen molar-refractivity contribution in [2.45, 2.75) is 18.4 Å². The molecular weight excluding hydrogens is 330 g/mol. The van der Waals surface area contributed by atoms with Crippen LogP contribution in [0.15, 0.2) is 21.4 Å². The molecule has 0 radical (unpaired) electrons. The predicted octanol–water partition coefficient (Wildman–Crippen LogP) is 1.52. The predicted molar refractivity (Wildman–Crippen MR) is 80.1 cm³/mol. The number of carbonyl (C=O) groups excluding carboxylic acids is 1. The van der Waals surface area contributed by atoms with Crippen molar-refractivity contribution in [1.82, 2.24) is 10.2 Å². The molecule has 2 heterocycles. The zero-order valence-corrected chi connectivity index (χ0v) is 13.0. The highest BCUT2D eigenvalue weighted by atomic mass is 79.9. The third-order valence-electron chi connectivity index (χ3n) is 3.53. The van der Waals surface area contributed by atoms with E-state index in [0.717, 1.165) is 25.9 Å². The van der Waals surface area contributed by atoms with Crippen molar-refractivity contribution in [3.8, 4) is 0 Å². The number of hydrogen-bond donors (Lipinski definition) is 2. The highest BCUT2D eigenvalue weighted by molar-refractivity contribution is 9.10. The molecular formula is C12H16BrN3O2S. The zero-order chi connectivity index (χ0) is 14.0. The molecule has 1 aromatic rings. The van der Waals surface area contributed by atoms with E-state index in [-0.39, 0.29) is 5.91 Å². The molecule has 0 aliphatic carbocycles. The van der Waals surface area contributed by atoms with Crippen LogP contribution in [0.25, 0.3) is 0 Å². The van der Waals surface area contributed by atoms with Gasteiger partial charge in [-0.15, -0.1) is 0 Å². The third kappa shape index (κ3) is 2.98. The number of furan rings is 1. The van der Waals surface area contributed by atoms with Crippen LogP contribution in [0.1, 0.15) is 23.2 Å². The first-order chi connectivity index (χ1) is 8.94. The van der Waals surface area contributed by atoms with Gasteiger partial charge in [0.1, 0.15) is 0 Å². The molecule has 104 valence electrons. The lowest BCUT2D eigenvalue weighted by Gasteiger charge is -2.40. The van der Waals surface area contributed by atoms with Crippen LogP contribution in [0.5, 0.6) is 0 Å². The maximum absolute atomic E-state index is 12.3. The van der Waals surface area contributed by atoms with Crippen molar-refractivity contribution in [3.05, 3.63) is 22.6 Å². The van der Waals surface area contributed by atoms with Gasteiger partial charge in [-0.25, -0.2) is 0 Å². The van der Waals surface area contributed by atoms with Crippen molar-refractivity contribution in [1.29, 1.82) is 0 Å². The molecule has 1 aliphatic rings. The Hall–Kier alpha value is -0.920. The fraction of sp³-hybridized carbons (Fsp3) is 0.500. The standard InChI is InChI=1S/C12H16BrN3O2S/c1-16-5-3-12(4-6-16,11(14)19)15-10(17)8-2-7-18-9(8)13/h2,7H,3-6H2,1H3,(H2,14,19)(H,15,17). The summed E-state index contributed by atoms with van der Waals surface area (Å²) < 4.78 is 5.48. The Bertz CT molecular complexity index is 495. The van der Waals surface area contributed by atoms with E-state index in [2.05, 4.69) is 26.1 Å². The van der Waals surface area contributed by atoms with Crippen LogP contribution in [0, 0.1) is 0 Å². The fourth-order valence-corrected chi connectivity index (χ4v) is 2.85. The Morgan fingerprint density at radius 2 is 2.21 bits per heavy atom. The summed E-state index contributed by atoms with van der Waals surface area (Å²) in [5.41, 5.74) is 5.70. The van der Waals surface area contributed by atoms with E-state index in [4.69, 9.17) is 22.4 Å². The molecule has 2 rings (SSSR count). The van der Waals surface area contributed by atoms with Crippen molar-refractivity contribution >= 4 is 39.0 Å². The van der Waals surface area contributed by atoms with E-state index >= 15 is 0 Å². The first-order valence-corrected chi connectivity index (χ1v) is 7.19. The first-order valence-electron chi connectivity index (χ1n) is 5.98. The molecule has 1 aliphatic heterocycles. The maximum Gasteiger partial charge on any atom is 0.256 e. The summed E-state index contributed by atoms with van der Waals surface area (Å²) in [7, 11) is 2.04. The zero-order valence-electron chi connectivity index (χ0n) is 10.6. The molecule has 1 saturated heterocycles. The molecule has 1 amide bonds. The molecule has 5 nitrogen and oxygen atoms in total. The largest absolute Gasteiger partial charge is 0.457 e. The summed E-state index contributed by atoms with van der Waals surface area (Å²) in [5.74, 6) is -0.224. The normalized spacial score (nSPS) is 19.1. The van der Waals surface area contributed by atoms with E-state index < -0.39 is 5.54 Å². The van der Waals surface area contributed by atoms with E-state index in [1.54, 1.807) is 6.07 Å². The van der Waals surface area contributed by atoms with Crippen LogP contribution in [0.3, 0.4) is 0 Å². The van der Waals surface area contributed by atoms with Gasteiger partial charge in [-0.3, -0.25) is 4.79 Å². The molecule has 19 heavy (non-hydrogen) atoms. The molecule has 7 heteroatoms. The van der Waals surface area contributed by atoms with Crippen molar-refractivity contribution in [2.75, 3.05) is 20.1 Å². The summed E-state index contributed by atoms with van der Waals surface area (Å²) in [6.07, 6.45) is 2.90. The van der Waals surface area contributed by atoms with E-state index in [9.17, 15) is 4.79 Å². The molecule has 0 aromatic carbocycles. The second-order valence-corrected chi connectivity index (χ2v) is 5.97. The number of halogens is 1. The van der Waals surface area contributed by atoms with Crippen molar-refractivity contribution in [3.63, 3.8) is 0 Å². The molecule has 0 atom stereocenters. The Morgan fingerprint density at radius 1 is 1.58 bits per heavy atom. The minimum absolute atomic E-state index is 0.224. The van der Waals surface area contributed by atoms with Crippen LogP contribution < -0.4 is 11.1 Å². The SMILES string of the molecule is CN1CCC(NC(=O)c2ccoc2Br)(C(N)=S)CC1. The lowest BCUT2D eigenvalue weighted by atomic mass is 9.87. The summed E-state index contributed by atoms with van der Waals surface area (Å²) >= 11 is 8.35. The Labute approximate surface area is 125 Å². The molecule has 0 bridgehead atoms. The molecule has 0 unspecified atom stereocenters. The highest BCUT2D eigenvalue weighted by Gasteiger charge is 2.38. The van der Waals surface area contributed by atoms with Gasteiger partial charge in [0.2, 0.25) is 0 Å². The Kier molecular flexibility index (Phi) is 4.27. The Balaban J connectivity index is 2.16. The van der Waals surface area contributed by atoms with E-state index in [0.29, 0.717) is 15.2 Å². The molecule has 1 aromatic heterocycles. The monoisotopic (exact) mass is 345 g/mol. The maximum atomic E-state index is 12.3. The number of rotatable bonds is 3. The van der Waals surface area contributed by atoms with Gasteiger partial charge < -0.3 is 20.4 Å². The number of nitrogens with zero attached hydrogens (tertiary/aromatic N) is 1. The quantitative estimate of drug-likeness (QED) is 0.812. The van der Waals surface area contributed by atoms with E-state index in [1.807, 2.05) is 7.05 Å². The average molecular weight is 346 g/mol. The number of piperidine rings is 1. The van der Waals surface area contributed by atoms with Gasteiger partial charge >= 0.3 is 0 Å². The molecule has 0 spiro atoms. The van der Waals surface area contributed by atoms with Crippen LogP contribution >= 0.6 is 28.1 Å². The third-order valence-corrected chi connectivity index (χ3v) is 4.53. The fourth-order valence-electron chi connectivity index (χ4n) is 2.17. The van der Waals surface area contributed by atoms with Crippen LogP contribution in [-0.4, -0.2) is 41.5 Å². The van der Waals surface area contributed by atoms with Crippen molar-refractivity contribution in [2.24, 2.45) is 5.73 Å². The number of hydrogen-bond acceptors (Lipinski definition) is 4. The lowest BCUT2D eigenvalue weighted by Crippen LogP contribution is -2.61. The first kappa shape index (κ1) is 14.5. The van der Waals surface area contributed by atoms with Gasteiger partial charge in [0, 0.05) is 13.1 Å². The average Bonchev–Trinajstić information content (AvgIpc) is 2.78. The van der Waals surface area contributed by atoms with Crippen LogP contribution in [-0.2, 0) is 0 Å². The van der Waals surface area contributed by atoms with Gasteiger partial charge in [-0.1, -0.05) is 12.2 Å². The second-order valence-electron chi connectivity index (χ2n) is 4.81. The Morgan fingerprint density at radius 3 is 2.68 bits per heavy atom. The summed E-state index contributed by atoms with van der Waals surface area (Å²) in [4.78, 5) is 14.8. The van der Waals surface area contributed by atoms with Gasteiger partial charge in [0.15, 0.2) is 4.67 Å². The number of nitrogens with one attached hydrogen (secondary N) is 1.